The predicted molar refractivity (Wildman–Crippen MR) is 80.2 cm³/mol. The van der Waals surface area contributed by atoms with Gasteiger partial charge in [-0.3, -0.25) is 4.21 Å². The molecule has 1 aromatic carbocycles. The van der Waals surface area contributed by atoms with Crippen molar-refractivity contribution < 1.29 is 13.3 Å². The van der Waals surface area contributed by atoms with E-state index in [1.54, 1.807) is 22.9 Å². The van der Waals surface area contributed by atoms with Crippen LogP contribution < -0.4 is 4.74 Å². The molecule has 2 rings (SSSR count). The number of ether oxygens (including phenoxy) is 1. The average molecular weight is 313 g/mol. The molecule has 0 bridgehead atoms. The maximum absolute atomic E-state index is 13.2. The van der Waals surface area contributed by atoms with Gasteiger partial charge in [0.1, 0.15) is 11.6 Å². The highest BCUT2D eigenvalue weighted by molar-refractivity contribution is 7.84. The fourth-order valence-electron chi connectivity index (χ4n) is 1.88. The Morgan fingerprint density at radius 1 is 1.45 bits per heavy atom. The predicted octanol–water partition coefficient (Wildman–Crippen LogP) is 3.09. The number of rotatable bonds is 6. The molecule has 1 atom stereocenters. The first-order chi connectivity index (χ1) is 9.60. The quantitative estimate of drug-likeness (QED) is 0.822. The summed E-state index contributed by atoms with van der Waals surface area (Å²) in [6.07, 6.45) is 0.737. The van der Waals surface area contributed by atoms with Gasteiger partial charge < -0.3 is 4.74 Å². The summed E-state index contributed by atoms with van der Waals surface area (Å²) < 4.78 is 30.5. The van der Waals surface area contributed by atoms with Crippen molar-refractivity contribution in [2.75, 3.05) is 12.9 Å². The normalized spacial score (nSPS) is 12.3. The summed E-state index contributed by atoms with van der Waals surface area (Å²) in [6, 6.07) is 4.29. The molecule has 20 heavy (non-hydrogen) atoms. The molecule has 108 valence electrons. The van der Waals surface area contributed by atoms with Gasteiger partial charge in [0.15, 0.2) is 0 Å². The van der Waals surface area contributed by atoms with Crippen molar-refractivity contribution in [2.24, 2.45) is 0 Å². The zero-order valence-electron chi connectivity index (χ0n) is 11.4. The minimum atomic E-state index is -1.05. The van der Waals surface area contributed by atoms with Crippen molar-refractivity contribution >= 4 is 22.1 Å². The summed E-state index contributed by atoms with van der Waals surface area (Å²) >= 11 is 1.58. The van der Waals surface area contributed by atoms with Crippen LogP contribution >= 0.6 is 11.3 Å². The highest BCUT2D eigenvalue weighted by atomic mass is 32.2. The zero-order chi connectivity index (χ0) is 14.5. The van der Waals surface area contributed by atoms with Gasteiger partial charge in [0.25, 0.3) is 0 Å². The van der Waals surface area contributed by atoms with Crippen LogP contribution in [0.25, 0.3) is 0 Å². The van der Waals surface area contributed by atoms with Crippen molar-refractivity contribution in [3.63, 3.8) is 0 Å². The third kappa shape index (κ3) is 3.86. The third-order valence-electron chi connectivity index (χ3n) is 2.96. The van der Waals surface area contributed by atoms with E-state index in [9.17, 15) is 8.60 Å². The van der Waals surface area contributed by atoms with E-state index in [0.717, 1.165) is 17.0 Å². The van der Waals surface area contributed by atoms with E-state index in [1.165, 1.54) is 19.2 Å². The molecule has 1 aromatic heterocycles. The highest BCUT2D eigenvalue weighted by Gasteiger charge is 2.10. The second-order valence-corrected chi connectivity index (χ2v) is 6.87. The molecule has 0 unspecified atom stereocenters. The molecule has 0 aliphatic heterocycles. The molecule has 1 heterocycles. The standard InChI is InChI=1S/C14H16FNO2S2/c1-10-14(19-9-16-10)5-6-20(17)8-11-7-12(15)3-4-13(11)18-2/h3-4,7,9H,5-6,8H2,1-2H3/t20-/m0/s1. The van der Waals surface area contributed by atoms with Crippen molar-refractivity contribution in [3.8, 4) is 5.75 Å². The van der Waals surface area contributed by atoms with Crippen LogP contribution in [-0.2, 0) is 23.0 Å². The number of aromatic nitrogens is 1. The van der Waals surface area contributed by atoms with E-state index in [1.807, 2.05) is 6.92 Å². The zero-order valence-corrected chi connectivity index (χ0v) is 13.0. The SMILES string of the molecule is COc1ccc(F)cc1C[S@@](=O)CCc1scnc1C. The first-order valence-electron chi connectivity index (χ1n) is 6.16. The Morgan fingerprint density at radius 3 is 2.90 bits per heavy atom. The number of thiazole rings is 1. The Morgan fingerprint density at radius 2 is 2.25 bits per heavy atom. The van der Waals surface area contributed by atoms with E-state index in [2.05, 4.69) is 4.98 Å². The number of methoxy groups -OCH3 is 1. The van der Waals surface area contributed by atoms with Gasteiger partial charge in [0.2, 0.25) is 0 Å². The Hall–Kier alpha value is -1.27. The van der Waals surface area contributed by atoms with E-state index in [0.29, 0.717) is 22.8 Å². The van der Waals surface area contributed by atoms with Crippen LogP contribution in [0.3, 0.4) is 0 Å². The van der Waals surface area contributed by atoms with Crippen LogP contribution in [0, 0.1) is 12.7 Å². The Labute approximate surface area is 124 Å². The van der Waals surface area contributed by atoms with Crippen LogP contribution in [0.5, 0.6) is 5.75 Å². The number of nitrogens with zero attached hydrogens (tertiary/aromatic N) is 1. The molecular formula is C14H16FNO2S2. The monoisotopic (exact) mass is 313 g/mol. The van der Waals surface area contributed by atoms with Crippen molar-refractivity contribution in [1.82, 2.24) is 4.98 Å². The molecule has 0 fully saturated rings. The average Bonchev–Trinajstić information content (AvgIpc) is 2.82. The van der Waals surface area contributed by atoms with E-state index in [4.69, 9.17) is 4.74 Å². The van der Waals surface area contributed by atoms with Gasteiger partial charge >= 0.3 is 0 Å². The van der Waals surface area contributed by atoms with Crippen LogP contribution in [0.1, 0.15) is 16.1 Å². The molecule has 0 spiro atoms. The van der Waals surface area contributed by atoms with Crippen LogP contribution in [-0.4, -0.2) is 22.1 Å². The van der Waals surface area contributed by atoms with Crippen molar-refractivity contribution in [2.45, 2.75) is 19.1 Å². The van der Waals surface area contributed by atoms with E-state index >= 15 is 0 Å². The summed E-state index contributed by atoms with van der Waals surface area (Å²) in [6.45, 7) is 1.95. The molecule has 0 aliphatic carbocycles. The van der Waals surface area contributed by atoms with Crippen LogP contribution in [0.2, 0.25) is 0 Å². The fraction of sp³-hybridized carbons (Fsp3) is 0.357. The van der Waals surface area contributed by atoms with E-state index < -0.39 is 10.8 Å². The van der Waals surface area contributed by atoms with E-state index in [-0.39, 0.29) is 5.82 Å². The Bertz CT molecular complexity index is 613. The minimum Gasteiger partial charge on any atom is -0.496 e. The molecular weight excluding hydrogens is 297 g/mol. The van der Waals surface area contributed by atoms with Gasteiger partial charge in [-0.2, -0.15) is 0 Å². The number of benzene rings is 1. The molecule has 6 heteroatoms. The highest BCUT2D eigenvalue weighted by Crippen LogP contribution is 2.21. The maximum atomic E-state index is 13.2. The molecule has 0 amide bonds. The largest absolute Gasteiger partial charge is 0.496 e. The number of hydrogen-bond acceptors (Lipinski definition) is 4. The second kappa shape index (κ2) is 6.95. The van der Waals surface area contributed by atoms with Gasteiger partial charge in [-0.05, 0) is 31.5 Å². The second-order valence-electron chi connectivity index (χ2n) is 4.36. The number of aryl methyl sites for hydroxylation is 2. The summed E-state index contributed by atoms with van der Waals surface area (Å²) in [4.78, 5) is 5.32. The molecule has 0 saturated heterocycles. The number of hydrogen-bond donors (Lipinski definition) is 0. The van der Waals surface area contributed by atoms with Crippen LogP contribution in [0.4, 0.5) is 4.39 Å². The lowest BCUT2D eigenvalue weighted by Crippen LogP contribution is -2.05. The third-order valence-corrected chi connectivity index (χ3v) is 5.25. The summed E-state index contributed by atoms with van der Waals surface area (Å²) in [5.41, 5.74) is 3.44. The summed E-state index contributed by atoms with van der Waals surface area (Å²) in [5, 5.41) is 0. The molecule has 0 saturated carbocycles. The molecule has 0 aliphatic rings. The van der Waals surface area contributed by atoms with Gasteiger partial charge in [0.05, 0.1) is 24.1 Å². The van der Waals surface area contributed by atoms with Crippen molar-refractivity contribution in [3.05, 3.63) is 45.7 Å². The number of halogens is 1. The molecule has 3 nitrogen and oxygen atoms in total. The van der Waals surface area contributed by atoms with Crippen LogP contribution in [0.15, 0.2) is 23.7 Å². The lowest BCUT2D eigenvalue weighted by atomic mass is 10.2. The fourth-order valence-corrected chi connectivity index (χ4v) is 3.94. The first-order valence-corrected chi connectivity index (χ1v) is 8.53. The molecule has 2 aromatic rings. The smallest absolute Gasteiger partial charge is 0.123 e. The lowest BCUT2D eigenvalue weighted by Gasteiger charge is -2.08. The summed E-state index contributed by atoms with van der Waals surface area (Å²) in [7, 11) is 0.476. The van der Waals surface area contributed by atoms with Gasteiger partial charge in [-0.1, -0.05) is 0 Å². The molecule has 0 radical (unpaired) electrons. The topological polar surface area (TPSA) is 39.2 Å². The first kappa shape index (κ1) is 15.1. The van der Waals surface area contributed by atoms with Crippen molar-refractivity contribution in [1.29, 1.82) is 0 Å². The molecule has 0 N–H and O–H groups in total. The lowest BCUT2D eigenvalue weighted by molar-refractivity contribution is 0.410. The van der Waals surface area contributed by atoms with Gasteiger partial charge in [-0.15, -0.1) is 11.3 Å². The van der Waals surface area contributed by atoms with Gasteiger partial charge in [0, 0.05) is 27.0 Å². The van der Waals surface area contributed by atoms with Gasteiger partial charge in [-0.25, -0.2) is 9.37 Å². The Balaban J connectivity index is 1.98. The minimum absolute atomic E-state index is 0.304. The summed E-state index contributed by atoms with van der Waals surface area (Å²) in [5.74, 6) is 1.09. The Kier molecular flexibility index (Phi) is 5.25. The maximum Gasteiger partial charge on any atom is 0.123 e.